The van der Waals surface area contributed by atoms with Crippen molar-refractivity contribution in [1.82, 2.24) is 4.90 Å². The van der Waals surface area contributed by atoms with Crippen LogP contribution in [-0.4, -0.2) is 72.9 Å². The van der Waals surface area contributed by atoms with Crippen molar-refractivity contribution in [2.45, 2.75) is 193 Å². The predicted octanol–water partition coefficient (Wildman–Crippen LogP) is 9.22. The highest BCUT2D eigenvalue weighted by molar-refractivity contribution is 4.80. The zero-order valence-corrected chi connectivity index (χ0v) is 27.8. The smallest absolute Gasteiger partial charge is 0.0900 e. The summed E-state index contributed by atoms with van der Waals surface area (Å²) in [5.74, 6) is 0. The Morgan fingerprint density at radius 3 is 1.22 bits per heavy atom. The summed E-state index contributed by atoms with van der Waals surface area (Å²) in [5, 5.41) is 21.5. The molecule has 5 nitrogen and oxygen atoms in total. The lowest BCUT2D eigenvalue weighted by Gasteiger charge is -2.36. The number of aliphatic hydroxyl groups is 2. The lowest BCUT2D eigenvalue weighted by Crippen LogP contribution is -2.47. The van der Waals surface area contributed by atoms with Crippen LogP contribution in [0.2, 0.25) is 0 Å². The highest BCUT2D eigenvalue weighted by Crippen LogP contribution is 2.23. The fraction of sp³-hybridized carbons (Fsp3) is 1.00. The molecule has 0 heterocycles. The predicted molar refractivity (Wildman–Crippen MR) is 176 cm³/mol. The van der Waals surface area contributed by atoms with Crippen molar-refractivity contribution in [2.24, 2.45) is 0 Å². The summed E-state index contributed by atoms with van der Waals surface area (Å²) in [4.78, 5) is 2.32. The molecule has 41 heavy (non-hydrogen) atoms. The fourth-order valence-electron chi connectivity index (χ4n) is 6.29. The third-order valence-electron chi connectivity index (χ3n) is 8.89. The second-order valence-corrected chi connectivity index (χ2v) is 13.1. The van der Waals surface area contributed by atoms with Crippen LogP contribution in [0.15, 0.2) is 0 Å². The lowest BCUT2D eigenvalue weighted by atomic mass is 9.93. The highest BCUT2D eigenvalue weighted by atomic mass is 16.5. The van der Waals surface area contributed by atoms with Gasteiger partial charge in [0, 0.05) is 32.3 Å². The Kier molecular flexibility index (Phi) is 28.3. The number of hydrogen-bond donors (Lipinski definition) is 2. The van der Waals surface area contributed by atoms with E-state index in [1.165, 1.54) is 148 Å². The van der Waals surface area contributed by atoms with Gasteiger partial charge in [-0.3, -0.25) is 4.90 Å². The average Bonchev–Trinajstić information content (AvgIpc) is 2.98. The maximum atomic E-state index is 10.7. The number of nitrogens with zero attached hydrogens (tertiary/aromatic N) is 1. The molecule has 1 aliphatic carbocycles. The topological polar surface area (TPSA) is 62.2 Å². The molecule has 0 aliphatic heterocycles. The molecule has 1 rings (SSSR count). The van der Waals surface area contributed by atoms with E-state index in [0.29, 0.717) is 32.3 Å². The molecule has 5 heteroatoms. The summed E-state index contributed by atoms with van der Waals surface area (Å²) < 4.78 is 11.7. The maximum Gasteiger partial charge on any atom is 0.0900 e. The summed E-state index contributed by atoms with van der Waals surface area (Å²) in [6, 6.07) is 0.456. The molecule has 0 bridgehead atoms. The van der Waals surface area contributed by atoms with Crippen molar-refractivity contribution in [3.05, 3.63) is 0 Å². The van der Waals surface area contributed by atoms with Crippen LogP contribution in [0.1, 0.15) is 174 Å². The second kappa shape index (κ2) is 29.9. The minimum absolute atomic E-state index is 0.395. The average molecular weight is 584 g/mol. The first-order valence-electron chi connectivity index (χ1n) is 18.4. The van der Waals surface area contributed by atoms with Gasteiger partial charge >= 0.3 is 0 Å². The molecule has 2 N–H and O–H groups in total. The van der Waals surface area contributed by atoms with Crippen LogP contribution in [0.5, 0.6) is 0 Å². The summed E-state index contributed by atoms with van der Waals surface area (Å²) >= 11 is 0. The Bertz CT molecular complexity index is 478. The van der Waals surface area contributed by atoms with Crippen LogP contribution < -0.4 is 0 Å². The molecular weight excluding hydrogens is 510 g/mol. The minimum atomic E-state index is -0.500. The number of hydrogen-bond acceptors (Lipinski definition) is 5. The van der Waals surface area contributed by atoms with E-state index in [1.54, 1.807) is 0 Å². The molecule has 0 amide bonds. The summed E-state index contributed by atoms with van der Waals surface area (Å²) in [6.07, 6.45) is 31.6. The molecule has 0 spiro atoms. The van der Waals surface area contributed by atoms with Crippen LogP contribution in [-0.2, 0) is 9.47 Å². The van der Waals surface area contributed by atoms with Crippen LogP contribution in [0.3, 0.4) is 0 Å². The summed E-state index contributed by atoms with van der Waals surface area (Å²) in [6.45, 7) is 7.98. The molecule has 246 valence electrons. The van der Waals surface area contributed by atoms with E-state index in [0.717, 1.165) is 26.1 Å². The molecule has 0 saturated heterocycles. The fourth-order valence-corrected chi connectivity index (χ4v) is 6.29. The van der Waals surface area contributed by atoms with Gasteiger partial charge < -0.3 is 19.7 Å². The van der Waals surface area contributed by atoms with Crippen LogP contribution in [0.25, 0.3) is 0 Å². The number of rotatable bonds is 31. The first-order valence-corrected chi connectivity index (χ1v) is 18.4. The minimum Gasteiger partial charge on any atom is -0.389 e. The molecule has 1 aliphatic rings. The highest BCUT2D eigenvalue weighted by Gasteiger charge is 2.25. The number of unbranched alkanes of at least 4 members (excludes halogenated alkanes) is 18. The van der Waals surface area contributed by atoms with Gasteiger partial charge in [0.1, 0.15) is 0 Å². The standard InChI is InChI=1S/C36H73NO4/c1-3-5-7-9-11-13-15-17-19-24-28-40-32-35(38)30-37(34-26-22-21-23-27-34)31-36(39)33-41-29-25-20-18-16-14-12-10-8-6-4-2/h34-36,38-39H,3-33H2,1-2H3. The molecule has 0 aromatic rings. The van der Waals surface area contributed by atoms with Gasteiger partial charge in [0.15, 0.2) is 0 Å². The van der Waals surface area contributed by atoms with Crippen molar-refractivity contribution in [2.75, 3.05) is 39.5 Å². The normalized spacial score (nSPS) is 16.0. The van der Waals surface area contributed by atoms with Crippen molar-refractivity contribution >= 4 is 0 Å². The Morgan fingerprint density at radius 1 is 0.512 bits per heavy atom. The first kappa shape index (κ1) is 38.8. The zero-order valence-electron chi connectivity index (χ0n) is 27.8. The SMILES string of the molecule is CCCCCCCCCCCCOCC(O)CN(CC(O)COCCCCCCCCCCCC)C1CCCCC1. The molecule has 2 unspecified atom stereocenters. The Hall–Kier alpha value is -0.200. The van der Waals surface area contributed by atoms with Gasteiger partial charge in [-0.15, -0.1) is 0 Å². The molecule has 0 aromatic heterocycles. The summed E-state index contributed by atoms with van der Waals surface area (Å²) in [7, 11) is 0. The molecule has 1 saturated carbocycles. The second-order valence-electron chi connectivity index (χ2n) is 13.1. The molecule has 1 fully saturated rings. The summed E-state index contributed by atoms with van der Waals surface area (Å²) in [5.41, 5.74) is 0. The van der Waals surface area contributed by atoms with E-state index in [2.05, 4.69) is 18.7 Å². The van der Waals surface area contributed by atoms with Crippen LogP contribution >= 0.6 is 0 Å². The van der Waals surface area contributed by atoms with Crippen LogP contribution in [0.4, 0.5) is 0 Å². The molecule has 0 aromatic carbocycles. The third kappa shape index (κ3) is 24.9. The third-order valence-corrected chi connectivity index (χ3v) is 8.89. The van der Waals surface area contributed by atoms with E-state index in [9.17, 15) is 10.2 Å². The van der Waals surface area contributed by atoms with E-state index < -0.39 is 12.2 Å². The Morgan fingerprint density at radius 2 is 0.854 bits per heavy atom. The van der Waals surface area contributed by atoms with Crippen molar-refractivity contribution in [3.63, 3.8) is 0 Å². The van der Waals surface area contributed by atoms with Crippen LogP contribution in [0, 0.1) is 0 Å². The Balaban J connectivity index is 2.12. The molecular formula is C36H73NO4. The number of aliphatic hydroxyl groups excluding tert-OH is 2. The van der Waals surface area contributed by atoms with Gasteiger partial charge in [-0.2, -0.15) is 0 Å². The zero-order chi connectivity index (χ0) is 29.6. The van der Waals surface area contributed by atoms with E-state index in [1.807, 2.05) is 0 Å². The van der Waals surface area contributed by atoms with Gasteiger partial charge in [0.2, 0.25) is 0 Å². The number of ether oxygens (including phenoxy) is 2. The van der Waals surface area contributed by atoms with Gasteiger partial charge in [-0.25, -0.2) is 0 Å². The van der Waals surface area contributed by atoms with Gasteiger partial charge in [-0.1, -0.05) is 149 Å². The van der Waals surface area contributed by atoms with Gasteiger partial charge in [-0.05, 0) is 25.7 Å². The maximum absolute atomic E-state index is 10.7. The quantitative estimate of drug-likeness (QED) is 0.0797. The lowest BCUT2D eigenvalue weighted by molar-refractivity contribution is -0.0261. The van der Waals surface area contributed by atoms with Gasteiger partial charge in [0.05, 0.1) is 25.4 Å². The molecule has 0 radical (unpaired) electrons. The van der Waals surface area contributed by atoms with Crippen molar-refractivity contribution in [1.29, 1.82) is 0 Å². The first-order chi connectivity index (χ1) is 20.2. The van der Waals surface area contributed by atoms with Gasteiger partial charge in [0.25, 0.3) is 0 Å². The van der Waals surface area contributed by atoms with E-state index in [-0.39, 0.29) is 0 Å². The molecule has 2 atom stereocenters. The monoisotopic (exact) mass is 584 g/mol. The van der Waals surface area contributed by atoms with Crippen molar-refractivity contribution in [3.8, 4) is 0 Å². The van der Waals surface area contributed by atoms with E-state index >= 15 is 0 Å². The Labute approximate surface area is 256 Å². The van der Waals surface area contributed by atoms with E-state index in [4.69, 9.17) is 9.47 Å². The largest absolute Gasteiger partial charge is 0.389 e. The van der Waals surface area contributed by atoms with Crippen molar-refractivity contribution < 1.29 is 19.7 Å².